The first-order valence-electron chi connectivity index (χ1n) is 12.0. The Bertz CT molecular complexity index is 1550. The van der Waals surface area contributed by atoms with Gasteiger partial charge in [0.2, 0.25) is 11.9 Å². The minimum atomic E-state index is -0.412. The second-order valence-electron chi connectivity index (χ2n) is 9.18. The Labute approximate surface area is 218 Å². The molecule has 0 radical (unpaired) electrons. The third-order valence-electron chi connectivity index (χ3n) is 6.66. The predicted octanol–water partition coefficient (Wildman–Crippen LogP) is 1.90. The van der Waals surface area contributed by atoms with Crippen LogP contribution in [0.4, 0.5) is 11.6 Å². The second kappa shape index (κ2) is 10.2. The average Bonchev–Trinajstić information content (AvgIpc) is 3.28. The summed E-state index contributed by atoms with van der Waals surface area (Å²) >= 11 is 5.92. The Hall–Kier alpha value is -3.89. The van der Waals surface area contributed by atoms with Gasteiger partial charge in [0.15, 0.2) is 11.2 Å². The first kappa shape index (κ1) is 24.8. The van der Waals surface area contributed by atoms with Crippen LogP contribution in [0.5, 0.6) is 0 Å². The van der Waals surface area contributed by atoms with Crippen molar-refractivity contribution in [3.63, 3.8) is 0 Å². The van der Waals surface area contributed by atoms with E-state index in [0.717, 1.165) is 10.1 Å². The molecule has 0 unspecified atom stereocenters. The lowest BCUT2D eigenvalue weighted by atomic mass is 10.2. The number of hydrogen-bond acceptors (Lipinski definition) is 6. The highest BCUT2D eigenvalue weighted by Crippen LogP contribution is 2.23. The summed E-state index contributed by atoms with van der Waals surface area (Å²) < 4.78 is 4.43. The van der Waals surface area contributed by atoms with Gasteiger partial charge in [0.1, 0.15) is 0 Å². The summed E-state index contributed by atoms with van der Waals surface area (Å²) in [4.78, 5) is 47.2. The first-order valence-corrected chi connectivity index (χ1v) is 12.4. The van der Waals surface area contributed by atoms with Crippen molar-refractivity contribution in [2.75, 3.05) is 42.9 Å². The average molecular weight is 522 g/mol. The van der Waals surface area contributed by atoms with Crippen LogP contribution in [-0.4, -0.2) is 62.2 Å². The number of nitrogens with zero attached hydrogens (tertiary/aromatic N) is 6. The van der Waals surface area contributed by atoms with Gasteiger partial charge in [0.25, 0.3) is 5.56 Å². The van der Waals surface area contributed by atoms with E-state index in [1.54, 1.807) is 31.3 Å². The molecule has 10 nitrogen and oxygen atoms in total. The van der Waals surface area contributed by atoms with E-state index in [4.69, 9.17) is 16.6 Å². The van der Waals surface area contributed by atoms with Crippen LogP contribution in [0, 0.1) is 0 Å². The molecule has 0 bridgehead atoms. The summed E-state index contributed by atoms with van der Waals surface area (Å²) in [7, 11) is 3.11. The van der Waals surface area contributed by atoms with Crippen molar-refractivity contribution in [1.29, 1.82) is 0 Å². The van der Waals surface area contributed by atoms with Crippen LogP contribution in [-0.2, 0) is 25.4 Å². The van der Waals surface area contributed by atoms with E-state index in [-0.39, 0.29) is 18.0 Å². The molecular formula is C26H28ClN7O3. The van der Waals surface area contributed by atoms with Gasteiger partial charge < -0.3 is 10.2 Å². The highest BCUT2D eigenvalue weighted by Gasteiger charge is 2.26. The molecule has 4 aromatic rings. The lowest BCUT2D eigenvalue weighted by Crippen LogP contribution is -2.49. The number of aryl methyl sites for hydroxylation is 1. The summed E-state index contributed by atoms with van der Waals surface area (Å²) in [6.07, 6.45) is 0. The van der Waals surface area contributed by atoms with Gasteiger partial charge in [-0.3, -0.25) is 28.2 Å². The van der Waals surface area contributed by atoms with Crippen LogP contribution >= 0.6 is 11.6 Å². The van der Waals surface area contributed by atoms with Gasteiger partial charge in [-0.1, -0.05) is 41.9 Å². The van der Waals surface area contributed by atoms with E-state index in [2.05, 4.69) is 15.1 Å². The lowest BCUT2D eigenvalue weighted by molar-refractivity contribution is -0.117. The van der Waals surface area contributed by atoms with Gasteiger partial charge in [0.05, 0.1) is 13.1 Å². The van der Waals surface area contributed by atoms with Gasteiger partial charge in [0, 0.05) is 51.0 Å². The quantitative estimate of drug-likeness (QED) is 0.416. The Balaban J connectivity index is 1.37. The first-order chi connectivity index (χ1) is 17.8. The maximum Gasteiger partial charge on any atom is 0.332 e. The fraction of sp³-hybridized carbons (Fsp3) is 0.308. The Morgan fingerprint density at radius 2 is 1.62 bits per heavy atom. The molecule has 1 N–H and O–H groups in total. The number of hydrogen-bond donors (Lipinski definition) is 1. The van der Waals surface area contributed by atoms with Gasteiger partial charge >= 0.3 is 5.69 Å². The second-order valence-corrected chi connectivity index (χ2v) is 9.62. The fourth-order valence-corrected chi connectivity index (χ4v) is 4.76. The largest absolute Gasteiger partial charge is 0.340 e. The van der Waals surface area contributed by atoms with E-state index >= 15 is 0 Å². The molecule has 0 aliphatic carbocycles. The molecule has 1 aliphatic rings. The van der Waals surface area contributed by atoms with Gasteiger partial charge in [-0.25, -0.2) is 4.79 Å². The van der Waals surface area contributed by atoms with Gasteiger partial charge in [-0.15, -0.1) is 0 Å². The number of halogens is 1. The third-order valence-corrected chi connectivity index (χ3v) is 6.91. The summed E-state index contributed by atoms with van der Waals surface area (Å²) in [6, 6.07) is 16.9. The molecule has 1 aliphatic heterocycles. The molecular weight excluding hydrogens is 494 g/mol. The van der Waals surface area contributed by atoms with Crippen LogP contribution in [0.1, 0.15) is 5.56 Å². The highest BCUT2D eigenvalue weighted by molar-refractivity contribution is 6.30. The van der Waals surface area contributed by atoms with Crippen LogP contribution in [0.3, 0.4) is 0 Å². The molecule has 2 aromatic heterocycles. The van der Waals surface area contributed by atoms with E-state index in [1.807, 2.05) is 34.9 Å². The molecule has 2 aromatic carbocycles. The topological polar surface area (TPSA) is 97.4 Å². The van der Waals surface area contributed by atoms with Crippen LogP contribution in [0.25, 0.3) is 11.2 Å². The molecule has 0 atom stereocenters. The molecule has 192 valence electrons. The van der Waals surface area contributed by atoms with Crippen LogP contribution in [0.2, 0.25) is 5.02 Å². The number of carbonyl (C=O) groups excluding carboxylic acids is 1. The number of piperazine rings is 1. The summed E-state index contributed by atoms with van der Waals surface area (Å²) in [5, 5.41) is 3.51. The minimum Gasteiger partial charge on any atom is -0.340 e. The maximum atomic E-state index is 13.2. The number of carbonyl (C=O) groups is 1. The van der Waals surface area contributed by atoms with E-state index in [9.17, 15) is 14.4 Å². The van der Waals surface area contributed by atoms with E-state index in [0.29, 0.717) is 60.5 Å². The molecule has 11 heteroatoms. The zero-order chi connectivity index (χ0) is 26.1. The summed E-state index contributed by atoms with van der Waals surface area (Å²) in [6.45, 7) is 3.27. The lowest BCUT2D eigenvalue weighted by Gasteiger charge is -2.35. The highest BCUT2D eigenvalue weighted by atomic mass is 35.5. The normalized spacial score (nSPS) is 14.3. The van der Waals surface area contributed by atoms with Gasteiger partial charge in [-0.05, 0) is 29.8 Å². The predicted molar refractivity (Wildman–Crippen MR) is 144 cm³/mol. The third kappa shape index (κ3) is 5.03. The number of benzene rings is 2. The zero-order valence-corrected chi connectivity index (χ0v) is 21.5. The number of fused-ring (bicyclic) bond motifs is 1. The van der Waals surface area contributed by atoms with Crippen molar-refractivity contribution < 1.29 is 4.79 Å². The molecule has 0 spiro atoms. The molecule has 5 rings (SSSR count). The van der Waals surface area contributed by atoms with Gasteiger partial charge in [-0.2, -0.15) is 4.98 Å². The molecule has 37 heavy (non-hydrogen) atoms. The van der Waals surface area contributed by atoms with Crippen molar-refractivity contribution in [2.45, 2.75) is 6.54 Å². The van der Waals surface area contributed by atoms with Crippen molar-refractivity contribution in [3.8, 4) is 0 Å². The van der Waals surface area contributed by atoms with Crippen molar-refractivity contribution in [2.24, 2.45) is 14.1 Å². The number of amides is 1. The standard InChI is InChI=1S/C26H28ClN7O3/c1-30-23-22(24(36)31(2)26(30)37)34(16-18-6-4-3-5-7-18)25(29-23)33-14-12-32(13-15-33)17-21(35)28-20-10-8-19(27)9-11-20/h3-11H,12-17H2,1-2H3,(H,28,35). The van der Waals surface area contributed by atoms with Crippen LogP contribution < -0.4 is 21.5 Å². The number of aromatic nitrogens is 4. The van der Waals surface area contributed by atoms with Crippen molar-refractivity contribution in [1.82, 2.24) is 23.6 Å². The Morgan fingerprint density at radius 1 is 0.946 bits per heavy atom. The summed E-state index contributed by atoms with van der Waals surface area (Å²) in [5.74, 6) is 0.549. The number of nitrogens with one attached hydrogen (secondary N) is 1. The molecule has 1 fully saturated rings. The molecule has 3 heterocycles. The fourth-order valence-electron chi connectivity index (χ4n) is 4.63. The number of imidazole rings is 1. The zero-order valence-electron chi connectivity index (χ0n) is 20.7. The number of anilines is 2. The Kier molecular flexibility index (Phi) is 6.86. The smallest absolute Gasteiger partial charge is 0.332 e. The van der Waals surface area contributed by atoms with Crippen molar-refractivity contribution >= 4 is 40.3 Å². The monoisotopic (exact) mass is 521 g/mol. The summed E-state index contributed by atoms with van der Waals surface area (Å²) in [5.41, 5.74) is 1.71. The number of rotatable bonds is 6. The molecule has 1 saturated heterocycles. The maximum absolute atomic E-state index is 13.2. The van der Waals surface area contributed by atoms with Crippen LogP contribution in [0.15, 0.2) is 64.2 Å². The van der Waals surface area contributed by atoms with E-state index in [1.165, 1.54) is 11.6 Å². The molecule has 1 amide bonds. The SMILES string of the molecule is Cn1c(=O)c2c(nc(N3CCN(CC(=O)Nc4ccc(Cl)cc4)CC3)n2Cc2ccccc2)n(C)c1=O. The Morgan fingerprint density at radius 3 is 2.30 bits per heavy atom. The molecule has 0 saturated carbocycles. The van der Waals surface area contributed by atoms with E-state index < -0.39 is 5.69 Å². The van der Waals surface area contributed by atoms with Crippen molar-refractivity contribution in [3.05, 3.63) is 86.0 Å². The minimum absolute atomic E-state index is 0.0921.